The normalized spacial score (nSPS) is 14.9. The third-order valence-corrected chi connectivity index (χ3v) is 4.36. The van der Waals surface area contributed by atoms with E-state index in [1.807, 2.05) is 25.1 Å². The summed E-state index contributed by atoms with van der Waals surface area (Å²) in [6.07, 6.45) is 2.32. The molecule has 1 aliphatic heterocycles. The predicted octanol–water partition coefficient (Wildman–Crippen LogP) is 2.79. The Morgan fingerprint density at radius 2 is 1.86 bits per heavy atom. The average molecular weight is 379 g/mol. The van der Waals surface area contributed by atoms with Crippen molar-refractivity contribution in [2.75, 3.05) is 19.0 Å². The van der Waals surface area contributed by atoms with Crippen molar-refractivity contribution in [1.29, 1.82) is 0 Å². The molecule has 0 aliphatic carbocycles. The Morgan fingerprint density at radius 1 is 1.14 bits per heavy atom. The van der Waals surface area contributed by atoms with Crippen LogP contribution in [0.4, 0.5) is 10.5 Å². The number of nitrogens with zero attached hydrogens (tertiary/aromatic N) is 1. The van der Waals surface area contributed by atoms with Crippen molar-refractivity contribution >= 4 is 29.6 Å². The number of carbonyl (C=O) groups is 3. The first-order valence-corrected chi connectivity index (χ1v) is 8.88. The number of urea groups is 1. The van der Waals surface area contributed by atoms with Crippen molar-refractivity contribution in [3.8, 4) is 5.75 Å². The van der Waals surface area contributed by atoms with E-state index in [1.54, 1.807) is 43.5 Å². The first-order chi connectivity index (χ1) is 13.5. The van der Waals surface area contributed by atoms with Crippen molar-refractivity contribution in [3.63, 3.8) is 0 Å². The fourth-order valence-electron chi connectivity index (χ4n) is 2.87. The zero-order chi connectivity index (χ0) is 20.1. The van der Waals surface area contributed by atoms with Gasteiger partial charge in [0, 0.05) is 5.69 Å². The van der Waals surface area contributed by atoms with Gasteiger partial charge >= 0.3 is 6.03 Å². The minimum Gasteiger partial charge on any atom is -0.497 e. The van der Waals surface area contributed by atoms with Crippen molar-refractivity contribution in [2.24, 2.45) is 0 Å². The lowest BCUT2D eigenvalue weighted by Gasteiger charge is -2.13. The fraction of sp³-hybridized carbons (Fsp3) is 0.190. The van der Waals surface area contributed by atoms with Gasteiger partial charge in [0.05, 0.1) is 7.11 Å². The van der Waals surface area contributed by atoms with E-state index in [0.29, 0.717) is 11.4 Å². The van der Waals surface area contributed by atoms with Crippen LogP contribution < -0.4 is 15.4 Å². The smallest absolute Gasteiger partial charge is 0.329 e. The second kappa shape index (κ2) is 8.39. The van der Waals surface area contributed by atoms with Gasteiger partial charge in [-0.1, -0.05) is 37.3 Å². The Balaban J connectivity index is 1.69. The molecule has 1 aliphatic rings. The van der Waals surface area contributed by atoms with Crippen LogP contribution in [0.1, 0.15) is 18.1 Å². The number of nitrogens with one attached hydrogen (secondary N) is 2. The zero-order valence-electron chi connectivity index (χ0n) is 15.7. The third-order valence-electron chi connectivity index (χ3n) is 4.36. The topological polar surface area (TPSA) is 87.7 Å². The molecule has 28 heavy (non-hydrogen) atoms. The van der Waals surface area contributed by atoms with Crippen LogP contribution in [0.2, 0.25) is 0 Å². The highest BCUT2D eigenvalue weighted by Gasteiger charge is 2.34. The molecule has 7 heteroatoms. The van der Waals surface area contributed by atoms with Gasteiger partial charge in [-0.2, -0.15) is 0 Å². The maximum Gasteiger partial charge on any atom is 0.329 e. The molecule has 4 amide bonds. The minimum atomic E-state index is -0.622. The fourth-order valence-corrected chi connectivity index (χ4v) is 2.87. The Labute approximate surface area is 163 Å². The first kappa shape index (κ1) is 19.2. The molecule has 2 aromatic rings. The van der Waals surface area contributed by atoms with E-state index < -0.39 is 17.8 Å². The number of anilines is 1. The highest BCUT2D eigenvalue weighted by atomic mass is 16.5. The second-order valence-corrected chi connectivity index (χ2v) is 6.21. The number of hydrogen-bond donors (Lipinski definition) is 2. The number of amides is 4. The maximum atomic E-state index is 12.5. The van der Waals surface area contributed by atoms with Crippen LogP contribution in [-0.4, -0.2) is 36.4 Å². The molecule has 1 heterocycles. The van der Waals surface area contributed by atoms with Crippen LogP contribution in [0.25, 0.3) is 6.08 Å². The summed E-state index contributed by atoms with van der Waals surface area (Å²) < 4.78 is 5.09. The number of para-hydroxylation sites is 1. The highest BCUT2D eigenvalue weighted by Crippen LogP contribution is 2.18. The van der Waals surface area contributed by atoms with Gasteiger partial charge < -0.3 is 15.4 Å². The Kier molecular flexibility index (Phi) is 5.74. The summed E-state index contributed by atoms with van der Waals surface area (Å²) in [4.78, 5) is 37.9. The van der Waals surface area contributed by atoms with Crippen molar-refractivity contribution in [1.82, 2.24) is 10.2 Å². The molecule has 144 valence electrons. The maximum absolute atomic E-state index is 12.5. The molecule has 2 N–H and O–H groups in total. The second-order valence-electron chi connectivity index (χ2n) is 6.21. The SMILES string of the molecule is CCc1ccccc1NC(=O)CN1C(=O)N/C(=C/c2ccc(OC)cc2)C1=O. The van der Waals surface area contributed by atoms with E-state index in [2.05, 4.69) is 10.6 Å². The van der Waals surface area contributed by atoms with Gasteiger partial charge in [-0.25, -0.2) is 9.69 Å². The molecule has 0 saturated carbocycles. The summed E-state index contributed by atoms with van der Waals surface area (Å²) in [5.74, 6) is -0.288. The monoisotopic (exact) mass is 379 g/mol. The molecular weight excluding hydrogens is 358 g/mol. The summed E-state index contributed by atoms with van der Waals surface area (Å²) in [7, 11) is 1.57. The van der Waals surface area contributed by atoms with Crippen LogP contribution in [0.5, 0.6) is 5.75 Å². The number of benzene rings is 2. The van der Waals surface area contributed by atoms with E-state index in [4.69, 9.17) is 4.74 Å². The molecule has 1 fully saturated rings. The molecule has 7 nitrogen and oxygen atoms in total. The largest absolute Gasteiger partial charge is 0.497 e. The number of hydrogen-bond acceptors (Lipinski definition) is 4. The quantitative estimate of drug-likeness (QED) is 0.597. The third kappa shape index (κ3) is 4.20. The van der Waals surface area contributed by atoms with Crippen LogP contribution >= 0.6 is 0 Å². The molecular formula is C21H21N3O4. The zero-order valence-corrected chi connectivity index (χ0v) is 15.7. The minimum absolute atomic E-state index is 0.122. The molecule has 0 radical (unpaired) electrons. The predicted molar refractivity (Wildman–Crippen MR) is 106 cm³/mol. The van der Waals surface area contributed by atoms with Gasteiger partial charge in [0.25, 0.3) is 5.91 Å². The van der Waals surface area contributed by atoms with Crippen molar-refractivity contribution in [2.45, 2.75) is 13.3 Å². The summed E-state index contributed by atoms with van der Waals surface area (Å²) in [5.41, 5.74) is 2.51. The van der Waals surface area contributed by atoms with Crippen LogP contribution in [0.3, 0.4) is 0 Å². The summed E-state index contributed by atoms with van der Waals surface area (Å²) >= 11 is 0. The van der Waals surface area contributed by atoms with Crippen molar-refractivity contribution in [3.05, 3.63) is 65.4 Å². The number of ether oxygens (including phenoxy) is 1. The lowest BCUT2D eigenvalue weighted by molar-refractivity contribution is -0.127. The lowest BCUT2D eigenvalue weighted by Crippen LogP contribution is -2.38. The highest BCUT2D eigenvalue weighted by molar-refractivity contribution is 6.16. The lowest BCUT2D eigenvalue weighted by atomic mass is 10.1. The van der Waals surface area contributed by atoms with Gasteiger partial charge in [-0.3, -0.25) is 9.59 Å². The molecule has 0 unspecified atom stereocenters. The molecule has 2 aromatic carbocycles. The van der Waals surface area contributed by atoms with Crippen molar-refractivity contribution < 1.29 is 19.1 Å². The van der Waals surface area contributed by atoms with E-state index in [1.165, 1.54) is 0 Å². The van der Waals surface area contributed by atoms with E-state index in [-0.39, 0.29) is 12.2 Å². The van der Waals surface area contributed by atoms with Crippen LogP contribution in [0, 0.1) is 0 Å². The van der Waals surface area contributed by atoms with E-state index >= 15 is 0 Å². The number of methoxy groups -OCH3 is 1. The van der Waals surface area contributed by atoms with Gasteiger partial charge in [0.2, 0.25) is 5.91 Å². The van der Waals surface area contributed by atoms with E-state index in [9.17, 15) is 14.4 Å². The Morgan fingerprint density at radius 3 is 2.54 bits per heavy atom. The van der Waals surface area contributed by atoms with Gasteiger partial charge in [-0.15, -0.1) is 0 Å². The summed E-state index contributed by atoms with van der Waals surface area (Å²) in [5, 5.41) is 5.27. The molecule has 0 aromatic heterocycles. The van der Waals surface area contributed by atoms with E-state index in [0.717, 1.165) is 22.4 Å². The van der Waals surface area contributed by atoms with Gasteiger partial charge in [-0.05, 0) is 41.8 Å². The molecule has 0 bridgehead atoms. The summed E-state index contributed by atoms with van der Waals surface area (Å²) in [6.45, 7) is 1.63. The Hall–Kier alpha value is -3.61. The molecule has 0 spiro atoms. The van der Waals surface area contributed by atoms with Gasteiger partial charge in [0.1, 0.15) is 18.0 Å². The summed E-state index contributed by atoms with van der Waals surface area (Å²) in [6, 6.07) is 13.8. The van der Waals surface area contributed by atoms with Crippen LogP contribution in [-0.2, 0) is 16.0 Å². The molecule has 1 saturated heterocycles. The van der Waals surface area contributed by atoms with Crippen LogP contribution in [0.15, 0.2) is 54.2 Å². The molecule has 0 atom stereocenters. The Bertz CT molecular complexity index is 935. The number of carbonyl (C=O) groups excluding carboxylic acids is 3. The number of imide groups is 1. The number of aryl methyl sites for hydroxylation is 1. The molecule has 3 rings (SSSR count). The number of rotatable bonds is 6. The van der Waals surface area contributed by atoms with Gasteiger partial charge in [0.15, 0.2) is 0 Å². The first-order valence-electron chi connectivity index (χ1n) is 8.88. The standard InChI is InChI=1S/C21H21N3O4/c1-3-15-6-4-5-7-17(15)22-19(25)13-24-20(26)18(23-21(24)27)12-14-8-10-16(28-2)11-9-14/h4-12H,3,13H2,1-2H3,(H,22,25)(H,23,27)/b18-12+. The average Bonchev–Trinajstić information content (AvgIpc) is 2.96.